The number of unbranched alkanes of at least 4 members (excludes halogenated alkanes) is 2. The van der Waals surface area contributed by atoms with E-state index in [1.807, 2.05) is 11.8 Å². The van der Waals surface area contributed by atoms with E-state index in [4.69, 9.17) is 10.4 Å². The number of fused-ring (bicyclic) bond motifs is 1. The van der Waals surface area contributed by atoms with Crippen molar-refractivity contribution in [3.8, 4) is 0 Å². The van der Waals surface area contributed by atoms with E-state index in [9.17, 15) is 23.2 Å². The van der Waals surface area contributed by atoms with Gasteiger partial charge in [-0.15, -0.1) is 0 Å². The van der Waals surface area contributed by atoms with Crippen LogP contribution in [-0.2, 0) is 14.2 Å². The lowest BCUT2D eigenvalue weighted by Gasteiger charge is -2.18. The molecule has 8 nitrogen and oxygen atoms in total. The number of nitrogens with two attached hydrogens (primary N) is 1. The third kappa shape index (κ3) is 8.44. The number of amides is 3. The zero-order valence-corrected chi connectivity index (χ0v) is 23.1. The Balaban J connectivity index is 1.11. The Kier molecular flexibility index (Phi) is 10.8. The molecule has 2 aromatic carbocycles. The minimum Gasteiger partial charge on any atom is -0.525 e. The molecule has 2 aromatic rings. The molecule has 0 unspecified atom stereocenters. The topological polar surface area (TPSA) is 123 Å². The second-order valence-corrected chi connectivity index (χ2v) is 11.5. The van der Waals surface area contributed by atoms with Crippen molar-refractivity contribution in [2.75, 3.05) is 12.3 Å². The highest BCUT2D eigenvalue weighted by Gasteiger charge is 2.42. The van der Waals surface area contributed by atoms with Gasteiger partial charge in [-0.1, -0.05) is 30.7 Å². The van der Waals surface area contributed by atoms with Gasteiger partial charge >= 0.3 is 18.9 Å². The van der Waals surface area contributed by atoms with Gasteiger partial charge in [0, 0.05) is 24.0 Å². The van der Waals surface area contributed by atoms with Crippen LogP contribution in [0.2, 0.25) is 0 Å². The molecule has 0 bridgehead atoms. The molecule has 0 saturated carbocycles. The van der Waals surface area contributed by atoms with E-state index in [0.717, 1.165) is 25.0 Å². The zero-order valence-electron chi connectivity index (χ0n) is 22.2. The number of rotatable bonds is 14. The third-order valence-electron chi connectivity index (χ3n) is 7.23. The van der Waals surface area contributed by atoms with Gasteiger partial charge in [0.05, 0.1) is 12.1 Å². The van der Waals surface area contributed by atoms with Crippen molar-refractivity contribution in [3.05, 3.63) is 60.2 Å². The van der Waals surface area contributed by atoms with Crippen LogP contribution in [0.1, 0.15) is 44.9 Å². The van der Waals surface area contributed by atoms with Crippen LogP contribution in [-0.4, -0.2) is 60.5 Å². The molecule has 214 valence electrons. The molecule has 2 saturated heterocycles. The summed E-state index contributed by atoms with van der Waals surface area (Å²) in [6.07, 6.45) is 4.81. The van der Waals surface area contributed by atoms with Gasteiger partial charge in [0.1, 0.15) is 17.7 Å². The van der Waals surface area contributed by atoms with E-state index in [1.54, 1.807) is 0 Å². The molecule has 40 heavy (non-hydrogen) atoms. The molecule has 0 aromatic heterocycles. The Hall–Kier alpha value is -3.12. The number of thioether (sulfide) groups is 1. The lowest BCUT2D eigenvalue weighted by Crippen LogP contribution is -2.49. The highest BCUT2D eigenvalue weighted by Crippen LogP contribution is 2.33. The molecule has 4 rings (SSSR count). The summed E-state index contributed by atoms with van der Waals surface area (Å²) in [4.78, 5) is 36.4. The molecular formula is C28H35BF2N4O4S. The first kappa shape index (κ1) is 29.9. The molecule has 4 atom stereocenters. The molecule has 2 fully saturated rings. The predicted octanol–water partition coefficient (Wildman–Crippen LogP) is 1.95. The van der Waals surface area contributed by atoms with Crippen LogP contribution in [0.5, 0.6) is 0 Å². The Bertz CT molecular complexity index is 1110. The van der Waals surface area contributed by atoms with E-state index in [0.29, 0.717) is 48.4 Å². The number of hydrogen-bond acceptors (Lipinski definition) is 6. The SMILES string of the molecule is N[C@@H](CCCCNC(=O)CCCC[C@@H]1SC[C@@H]2NC(=O)N[C@@H]21)C(=O)OB(c1ccc(F)cc1)c1ccc(F)cc1. The summed E-state index contributed by atoms with van der Waals surface area (Å²) in [6, 6.07) is 10.6. The maximum Gasteiger partial charge on any atom is 0.429 e. The van der Waals surface area contributed by atoms with Gasteiger partial charge in [-0.2, -0.15) is 11.8 Å². The maximum absolute atomic E-state index is 13.4. The van der Waals surface area contributed by atoms with Crippen molar-refractivity contribution < 1.29 is 27.8 Å². The van der Waals surface area contributed by atoms with Gasteiger partial charge in [-0.05, 0) is 67.3 Å². The van der Waals surface area contributed by atoms with E-state index in [-0.39, 0.29) is 24.0 Å². The lowest BCUT2D eigenvalue weighted by molar-refractivity contribution is -0.136. The second-order valence-electron chi connectivity index (χ2n) is 10.2. The molecule has 0 aliphatic carbocycles. The van der Waals surface area contributed by atoms with Crippen LogP contribution in [0.4, 0.5) is 13.6 Å². The van der Waals surface area contributed by atoms with Crippen LogP contribution in [0, 0.1) is 11.6 Å². The van der Waals surface area contributed by atoms with Crippen LogP contribution in [0.3, 0.4) is 0 Å². The molecule has 12 heteroatoms. The maximum atomic E-state index is 13.4. The number of nitrogens with one attached hydrogen (secondary N) is 3. The molecular weight excluding hydrogens is 537 g/mol. The summed E-state index contributed by atoms with van der Waals surface area (Å²) in [5.41, 5.74) is 7.17. The standard InChI is InChI=1S/C28H35BF2N4O4S/c30-20-12-8-18(9-13-20)29(19-10-14-21(31)15-11-19)39-27(37)22(32)5-3-4-16-33-25(36)7-2-1-6-24-26-23(17-40-24)34-28(38)35-26/h8-15,22-24,26H,1-7,16-17,32H2,(H,33,36)(H2,34,35,38)/t22-,23-,24-,26-/m0/s1. The van der Waals surface area contributed by atoms with E-state index in [2.05, 4.69) is 16.0 Å². The normalized spacial score (nSPS) is 20.3. The summed E-state index contributed by atoms with van der Waals surface area (Å²) >= 11 is 1.87. The first-order valence-electron chi connectivity index (χ1n) is 13.7. The molecule has 2 aliphatic rings. The monoisotopic (exact) mass is 572 g/mol. The van der Waals surface area contributed by atoms with Crippen molar-refractivity contribution in [2.45, 2.75) is 68.3 Å². The molecule has 0 spiro atoms. The minimum absolute atomic E-state index is 0.00191. The van der Waals surface area contributed by atoms with Gasteiger partial charge < -0.3 is 26.3 Å². The van der Waals surface area contributed by atoms with Crippen molar-refractivity contribution in [3.63, 3.8) is 0 Å². The Morgan fingerprint density at radius 3 is 2.30 bits per heavy atom. The van der Waals surface area contributed by atoms with Crippen molar-refractivity contribution in [1.82, 2.24) is 16.0 Å². The van der Waals surface area contributed by atoms with E-state index in [1.165, 1.54) is 48.5 Å². The van der Waals surface area contributed by atoms with Gasteiger partial charge in [0.2, 0.25) is 5.91 Å². The fourth-order valence-corrected chi connectivity index (χ4v) is 6.55. The second kappa shape index (κ2) is 14.5. The molecule has 2 aliphatic heterocycles. The summed E-state index contributed by atoms with van der Waals surface area (Å²) in [5.74, 6) is -0.522. The Labute approximate surface area is 237 Å². The largest absolute Gasteiger partial charge is 0.525 e. The van der Waals surface area contributed by atoms with Crippen LogP contribution < -0.4 is 32.6 Å². The van der Waals surface area contributed by atoms with E-state index >= 15 is 0 Å². The minimum atomic E-state index is -0.869. The average molecular weight is 572 g/mol. The summed E-state index contributed by atoms with van der Waals surface area (Å²) in [7, 11) is 0. The lowest BCUT2D eigenvalue weighted by atomic mass is 9.55. The predicted molar refractivity (Wildman–Crippen MR) is 153 cm³/mol. The number of carbonyl (C=O) groups excluding carboxylic acids is 3. The van der Waals surface area contributed by atoms with Gasteiger partial charge in [-0.3, -0.25) is 9.59 Å². The highest BCUT2D eigenvalue weighted by atomic mass is 32.2. The zero-order chi connectivity index (χ0) is 28.5. The number of hydrogen-bond donors (Lipinski definition) is 4. The summed E-state index contributed by atoms with van der Waals surface area (Å²) in [6.45, 7) is -0.352. The van der Waals surface area contributed by atoms with Crippen LogP contribution >= 0.6 is 11.8 Å². The van der Waals surface area contributed by atoms with Crippen molar-refractivity contribution in [2.24, 2.45) is 5.73 Å². The quantitative estimate of drug-likeness (QED) is 0.156. The molecule has 2 heterocycles. The van der Waals surface area contributed by atoms with Gasteiger partial charge in [0.25, 0.3) is 0 Å². The first-order chi connectivity index (χ1) is 19.3. The Morgan fingerprint density at radius 1 is 1.00 bits per heavy atom. The molecule has 5 N–H and O–H groups in total. The number of urea groups is 1. The number of carbonyl (C=O) groups is 3. The van der Waals surface area contributed by atoms with Gasteiger partial charge in [0.15, 0.2) is 0 Å². The highest BCUT2D eigenvalue weighted by molar-refractivity contribution is 8.00. The fraction of sp³-hybridized carbons (Fsp3) is 0.464. The van der Waals surface area contributed by atoms with Crippen LogP contribution in [0.25, 0.3) is 0 Å². The smallest absolute Gasteiger partial charge is 0.429 e. The summed E-state index contributed by atoms with van der Waals surface area (Å²) in [5, 5.41) is 9.22. The fourth-order valence-electron chi connectivity index (χ4n) is 5.00. The van der Waals surface area contributed by atoms with Crippen LogP contribution in [0.15, 0.2) is 48.5 Å². The molecule has 3 amide bonds. The van der Waals surface area contributed by atoms with Gasteiger partial charge in [-0.25, -0.2) is 13.6 Å². The number of halogens is 2. The molecule has 0 radical (unpaired) electrons. The van der Waals surface area contributed by atoms with Crippen molar-refractivity contribution in [1.29, 1.82) is 0 Å². The first-order valence-corrected chi connectivity index (χ1v) is 14.8. The summed E-state index contributed by atoms with van der Waals surface area (Å²) < 4.78 is 32.5. The average Bonchev–Trinajstić information content (AvgIpc) is 3.49. The Morgan fingerprint density at radius 2 is 1.65 bits per heavy atom. The number of benzene rings is 2. The van der Waals surface area contributed by atoms with E-state index < -0.39 is 30.6 Å². The third-order valence-corrected chi connectivity index (χ3v) is 8.74. The van der Waals surface area contributed by atoms with Crippen molar-refractivity contribution >= 4 is 47.5 Å².